The third-order valence-electron chi connectivity index (χ3n) is 6.49. The number of rotatable bonds is 7. The first-order valence-corrected chi connectivity index (χ1v) is 11.6. The van der Waals surface area contributed by atoms with E-state index in [0.29, 0.717) is 18.6 Å². The van der Waals surface area contributed by atoms with Crippen molar-refractivity contribution in [3.05, 3.63) is 89.3 Å². The first-order valence-electron chi connectivity index (χ1n) is 11.6. The van der Waals surface area contributed by atoms with Gasteiger partial charge in [0.2, 0.25) is 5.91 Å². The molecule has 5 rings (SSSR count). The topological polar surface area (TPSA) is 86.3 Å². The van der Waals surface area contributed by atoms with E-state index < -0.39 is 6.04 Å². The number of nitrogens with one attached hydrogen (secondary N) is 1. The summed E-state index contributed by atoms with van der Waals surface area (Å²) < 4.78 is 9.36. The zero-order chi connectivity index (χ0) is 24.5. The monoisotopic (exact) mass is 468 g/mol. The van der Waals surface area contributed by atoms with Gasteiger partial charge in [-0.05, 0) is 44.0 Å². The third-order valence-corrected chi connectivity index (χ3v) is 6.49. The van der Waals surface area contributed by atoms with Crippen LogP contribution in [0.15, 0.2) is 60.9 Å². The van der Waals surface area contributed by atoms with E-state index in [1.165, 1.54) is 0 Å². The van der Waals surface area contributed by atoms with Gasteiger partial charge in [-0.25, -0.2) is 14.5 Å². The lowest BCUT2D eigenvalue weighted by molar-refractivity contribution is -0.121. The predicted octanol–water partition coefficient (Wildman–Crippen LogP) is 4.08. The number of para-hydroxylation sites is 1. The Morgan fingerprint density at radius 2 is 1.89 bits per heavy atom. The quantitative estimate of drug-likeness (QED) is 0.389. The van der Waals surface area contributed by atoms with Crippen LogP contribution in [0.2, 0.25) is 0 Å². The molecule has 0 aliphatic heterocycles. The lowest BCUT2D eigenvalue weighted by Crippen LogP contribution is -2.31. The first kappa shape index (κ1) is 22.6. The number of carbonyl (C=O) groups is 1. The van der Waals surface area contributed by atoms with E-state index in [1.54, 1.807) is 13.3 Å². The average molecular weight is 469 g/mol. The number of aryl methyl sites for hydroxylation is 3. The molecule has 35 heavy (non-hydrogen) atoms. The molecule has 3 aromatic heterocycles. The molecule has 1 atom stereocenters. The predicted molar refractivity (Wildman–Crippen MR) is 134 cm³/mol. The van der Waals surface area contributed by atoms with Crippen LogP contribution in [-0.2, 0) is 18.3 Å². The molecule has 1 N–H and O–H groups in total. The number of aromatic nitrogens is 5. The highest BCUT2D eigenvalue weighted by Crippen LogP contribution is 2.29. The standard InChI is InChI=1S/C27H28N6O2/c1-17-19(18(2)33-26(29-17)20-9-5-7-11-22(20)31-33)13-14-24(34)30-25(27-28-15-16-32(27)3)21-10-6-8-12-23(21)35-4/h5-12,15-16,25H,13-14H2,1-4H3,(H,30,34). The van der Waals surface area contributed by atoms with Gasteiger partial charge in [0.15, 0.2) is 5.65 Å². The molecule has 0 bridgehead atoms. The fraction of sp³-hybridized carbons (Fsp3) is 0.259. The van der Waals surface area contributed by atoms with Crippen LogP contribution in [0.5, 0.6) is 5.75 Å². The number of methoxy groups -OCH3 is 1. The number of hydrogen-bond donors (Lipinski definition) is 1. The molecule has 8 heteroatoms. The Bertz CT molecular complexity index is 1530. The molecular formula is C27H28N6O2. The van der Waals surface area contributed by atoms with Crippen LogP contribution in [0, 0.1) is 13.8 Å². The number of benzene rings is 2. The first-order chi connectivity index (χ1) is 17.0. The highest BCUT2D eigenvalue weighted by molar-refractivity contribution is 5.92. The Labute approximate surface area is 203 Å². The fourth-order valence-corrected chi connectivity index (χ4v) is 4.65. The number of nitrogens with zero attached hydrogens (tertiary/aromatic N) is 5. The lowest BCUT2D eigenvalue weighted by Gasteiger charge is -2.21. The maximum Gasteiger partial charge on any atom is 0.221 e. The molecule has 0 aliphatic rings. The molecule has 1 unspecified atom stereocenters. The summed E-state index contributed by atoms with van der Waals surface area (Å²) in [6.07, 6.45) is 4.46. The van der Waals surface area contributed by atoms with E-state index in [0.717, 1.165) is 44.9 Å². The van der Waals surface area contributed by atoms with Crippen molar-refractivity contribution in [3.8, 4) is 5.75 Å². The SMILES string of the molecule is COc1ccccc1C(NC(=O)CCc1c(C)nc2c3ccccc3nn2c1C)c1nccn1C. The molecule has 0 saturated heterocycles. The summed E-state index contributed by atoms with van der Waals surface area (Å²) in [7, 11) is 3.54. The minimum absolute atomic E-state index is 0.0755. The summed E-state index contributed by atoms with van der Waals surface area (Å²) >= 11 is 0. The maximum atomic E-state index is 13.2. The number of fused-ring (bicyclic) bond motifs is 3. The highest BCUT2D eigenvalue weighted by Gasteiger charge is 2.24. The van der Waals surface area contributed by atoms with E-state index in [9.17, 15) is 4.79 Å². The third kappa shape index (κ3) is 4.12. The molecule has 0 saturated carbocycles. The van der Waals surface area contributed by atoms with Crippen molar-refractivity contribution < 1.29 is 9.53 Å². The van der Waals surface area contributed by atoms with Crippen molar-refractivity contribution in [2.75, 3.05) is 7.11 Å². The molecule has 5 aromatic rings. The number of hydrogen-bond acceptors (Lipinski definition) is 5. The molecule has 1 amide bonds. The molecule has 0 fully saturated rings. The van der Waals surface area contributed by atoms with Gasteiger partial charge in [0.1, 0.15) is 17.6 Å². The minimum atomic E-state index is -0.433. The van der Waals surface area contributed by atoms with E-state index >= 15 is 0 Å². The van der Waals surface area contributed by atoms with Gasteiger partial charge in [-0.1, -0.05) is 30.3 Å². The van der Waals surface area contributed by atoms with Crippen LogP contribution in [0.4, 0.5) is 0 Å². The Kier molecular flexibility index (Phi) is 5.94. The maximum absolute atomic E-state index is 13.2. The number of carbonyl (C=O) groups excluding carboxylic acids is 1. The minimum Gasteiger partial charge on any atom is -0.496 e. The second kappa shape index (κ2) is 9.21. The van der Waals surface area contributed by atoms with Crippen LogP contribution in [0.1, 0.15) is 40.8 Å². The summed E-state index contributed by atoms with van der Waals surface area (Å²) in [5, 5.41) is 8.92. The molecule has 0 aliphatic carbocycles. The van der Waals surface area contributed by atoms with Gasteiger partial charge < -0.3 is 14.6 Å². The molecule has 0 radical (unpaired) electrons. The van der Waals surface area contributed by atoms with Gasteiger partial charge >= 0.3 is 0 Å². The Morgan fingerprint density at radius 1 is 1.11 bits per heavy atom. The summed E-state index contributed by atoms with van der Waals surface area (Å²) in [6.45, 7) is 4.03. The van der Waals surface area contributed by atoms with Crippen molar-refractivity contribution in [2.24, 2.45) is 7.05 Å². The molecule has 3 heterocycles. The second-order valence-electron chi connectivity index (χ2n) is 8.65. The van der Waals surface area contributed by atoms with Crippen LogP contribution < -0.4 is 10.1 Å². The lowest BCUT2D eigenvalue weighted by atomic mass is 10.0. The summed E-state index contributed by atoms with van der Waals surface area (Å²) in [5.74, 6) is 1.36. The van der Waals surface area contributed by atoms with Gasteiger partial charge in [0, 0.05) is 48.2 Å². The van der Waals surface area contributed by atoms with E-state index in [1.807, 2.05) is 84.7 Å². The zero-order valence-electron chi connectivity index (χ0n) is 20.3. The van der Waals surface area contributed by atoms with Gasteiger partial charge in [-0.15, -0.1) is 0 Å². The van der Waals surface area contributed by atoms with Gasteiger partial charge in [0.05, 0.1) is 12.6 Å². The molecule has 8 nitrogen and oxygen atoms in total. The van der Waals surface area contributed by atoms with Crippen LogP contribution >= 0.6 is 0 Å². The van der Waals surface area contributed by atoms with Crippen LogP contribution in [0.25, 0.3) is 16.6 Å². The van der Waals surface area contributed by atoms with Gasteiger partial charge in [0.25, 0.3) is 0 Å². The van der Waals surface area contributed by atoms with Crippen molar-refractivity contribution in [2.45, 2.75) is 32.7 Å². The van der Waals surface area contributed by atoms with Gasteiger partial charge in [-0.2, -0.15) is 5.10 Å². The molecule has 2 aromatic carbocycles. The van der Waals surface area contributed by atoms with E-state index in [-0.39, 0.29) is 5.91 Å². The Morgan fingerprint density at radius 3 is 2.66 bits per heavy atom. The van der Waals surface area contributed by atoms with Gasteiger partial charge in [-0.3, -0.25) is 4.79 Å². The number of amides is 1. The largest absolute Gasteiger partial charge is 0.496 e. The van der Waals surface area contributed by atoms with Crippen molar-refractivity contribution >= 4 is 22.5 Å². The normalized spacial score (nSPS) is 12.2. The number of imidazole rings is 1. The van der Waals surface area contributed by atoms with Crippen molar-refractivity contribution in [1.82, 2.24) is 29.5 Å². The van der Waals surface area contributed by atoms with E-state index in [2.05, 4.69) is 10.3 Å². The Hall–Kier alpha value is -4.20. The average Bonchev–Trinajstić information content (AvgIpc) is 3.46. The fourth-order valence-electron chi connectivity index (χ4n) is 4.65. The molecular weight excluding hydrogens is 440 g/mol. The van der Waals surface area contributed by atoms with Crippen molar-refractivity contribution in [3.63, 3.8) is 0 Å². The smallest absolute Gasteiger partial charge is 0.221 e. The highest BCUT2D eigenvalue weighted by atomic mass is 16.5. The second-order valence-corrected chi connectivity index (χ2v) is 8.65. The number of ether oxygens (including phenoxy) is 1. The Balaban J connectivity index is 1.41. The summed E-state index contributed by atoms with van der Waals surface area (Å²) in [6, 6.07) is 15.2. The molecule has 178 valence electrons. The zero-order valence-corrected chi connectivity index (χ0v) is 20.3. The van der Waals surface area contributed by atoms with E-state index in [4.69, 9.17) is 14.8 Å². The van der Waals surface area contributed by atoms with Crippen molar-refractivity contribution in [1.29, 1.82) is 0 Å². The van der Waals surface area contributed by atoms with Crippen LogP contribution in [-0.4, -0.2) is 37.2 Å². The summed E-state index contributed by atoms with van der Waals surface area (Å²) in [4.78, 5) is 22.5. The molecule has 0 spiro atoms. The summed E-state index contributed by atoms with van der Waals surface area (Å²) in [5.41, 5.74) is 5.56. The van der Waals surface area contributed by atoms with Crippen LogP contribution in [0.3, 0.4) is 0 Å².